The van der Waals surface area contributed by atoms with Crippen molar-refractivity contribution in [2.75, 3.05) is 38.1 Å². The Morgan fingerprint density at radius 3 is 2.65 bits per heavy atom. The van der Waals surface area contributed by atoms with E-state index < -0.39 is 15.8 Å². The number of rotatable bonds is 3. The summed E-state index contributed by atoms with van der Waals surface area (Å²) in [5, 5.41) is 4.99. The second-order valence-electron chi connectivity index (χ2n) is 5.00. The molecule has 1 heterocycles. The molecular weight excluding hydrogens is 283 g/mol. The highest BCUT2D eigenvalue weighted by Crippen LogP contribution is 2.25. The third kappa shape index (κ3) is 3.09. The average molecular weight is 302 g/mol. The first kappa shape index (κ1) is 15.2. The second-order valence-corrected chi connectivity index (χ2v) is 6.56. The van der Waals surface area contributed by atoms with Crippen molar-refractivity contribution in [3.8, 4) is 0 Å². The zero-order chi connectivity index (χ0) is 14.9. The van der Waals surface area contributed by atoms with Crippen LogP contribution in [0.25, 0.3) is 0 Å². The molecule has 6 nitrogen and oxygen atoms in total. The van der Waals surface area contributed by atoms with Crippen LogP contribution >= 0.6 is 0 Å². The Kier molecular flexibility index (Phi) is 4.28. The zero-order valence-electron chi connectivity index (χ0n) is 11.3. The van der Waals surface area contributed by atoms with Crippen LogP contribution in [0.3, 0.4) is 0 Å². The van der Waals surface area contributed by atoms with E-state index in [9.17, 15) is 12.8 Å². The lowest BCUT2D eigenvalue weighted by Gasteiger charge is -2.41. The summed E-state index contributed by atoms with van der Waals surface area (Å²) in [5.74, 6) is -0.598. The maximum Gasteiger partial charge on any atom is 0.238 e. The monoisotopic (exact) mass is 302 g/mol. The minimum Gasteiger partial charge on any atom is -0.362 e. The highest BCUT2D eigenvalue weighted by molar-refractivity contribution is 7.89. The van der Waals surface area contributed by atoms with Crippen LogP contribution in [0.4, 0.5) is 10.1 Å². The average Bonchev–Trinajstić information content (AvgIpc) is 2.38. The Hall–Kier alpha value is -1.22. The number of nitrogens with zero attached hydrogens (tertiary/aromatic N) is 2. The highest BCUT2D eigenvalue weighted by atomic mass is 32.2. The van der Waals surface area contributed by atoms with Crippen molar-refractivity contribution in [2.45, 2.75) is 10.9 Å². The van der Waals surface area contributed by atoms with Gasteiger partial charge in [0.2, 0.25) is 10.0 Å². The molecule has 2 rings (SSSR count). The van der Waals surface area contributed by atoms with E-state index in [0.717, 1.165) is 19.2 Å². The third-order valence-corrected chi connectivity index (χ3v) is 4.43. The second kappa shape index (κ2) is 5.65. The van der Waals surface area contributed by atoms with Crippen molar-refractivity contribution >= 4 is 15.7 Å². The van der Waals surface area contributed by atoms with Crippen LogP contribution in [0, 0.1) is 5.82 Å². The Morgan fingerprint density at radius 2 is 2.10 bits per heavy atom. The molecule has 1 aliphatic rings. The quantitative estimate of drug-likeness (QED) is 0.789. The summed E-state index contributed by atoms with van der Waals surface area (Å²) < 4.78 is 36.6. The van der Waals surface area contributed by atoms with Gasteiger partial charge in [0.05, 0.1) is 16.6 Å². The minimum absolute atomic E-state index is 0.00332. The molecule has 1 aliphatic heterocycles. The van der Waals surface area contributed by atoms with E-state index in [4.69, 9.17) is 10.9 Å². The van der Waals surface area contributed by atoms with Gasteiger partial charge in [-0.05, 0) is 25.2 Å². The highest BCUT2D eigenvalue weighted by Gasteiger charge is 2.26. The Morgan fingerprint density at radius 1 is 1.40 bits per heavy atom. The molecule has 1 unspecified atom stereocenters. The molecule has 8 heteroatoms. The van der Waals surface area contributed by atoms with Gasteiger partial charge in [0.15, 0.2) is 0 Å². The van der Waals surface area contributed by atoms with E-state index in [-0.39, 0.29) is 10.9 Å². The lowest BCUT2D eigenvalue weighted by Crippen LogP contribution is -2.55. The maximum absolute atomic E-state index is 14.2. The molecule has 0 bridgehead atoms. The molecule has 0 radical (unpaired) electrons. The van der Waals surface area contributed by atoms with E-state index in [1.165, 1.54) is 12.1 Å². The molecule has 20 heavy (non-hydrogen) atoms. The fourth-order valence-electron chi connectivity index (χ4n) is 2.43. The number of hydrogen-bond donors (Lipinski definition) is 2. The standard InChI is InChI=1S/C12H19FN4O2S/c1-16-4-5-17(9(7-14)8-16)12-3-2-10(6-11(12)13)20(15,18)19/h2-3,6,9H,4-5,7-8,14H2,1H3,(H2,15,18,19). The number of sulfonamides is 1. The molecule has 1 saturated heterocycles. The Balaban J connectivity index is 2.33. The van der Waals surface area contributed by atoms with Crippen LogP contribution in [-0.4, -0.2) is 52.6 Å². The molecule has 0 aliphatic carbocycles. The van der Waals surface area contributed by atoms with Gasteiger partial charge >= 0.3 is 0 Å². The SMILES string of the molecule is CN1CCN(c2ccc(S(N)(=O)=O)cc2F)C(CN)C1. The van der Waals surface area contributed by atoms with Gasteiger partial charge in [-0.1, -0.05) is 0 Å². The summed E-state index contributed by atoms with van der Waals surface area (Å²) in [7, 11) is -1.91. The lowest BCUT2D eigenvalue weighted by molar-refractivity contribution is 0.268. The van der Waals surface area contributed by atoms with Gasteiger partial charge in [0.1, 0.15) is 5.82 Å². The summed E-state index contributed by atoms with van der Waals surface area (Å²) in [5.41, 5.74) is 6.10. The van der Waals surface area contributed by atoms with Crippen LogP contribution < -0.4 is 15.8 Å². The Labute approximate surface area is 118 Å². The van der Waals surface area contributed by atoms with Crippen LogP contribution in [0.5, 0.6) is 0 Å². The Bertz CT molecular complexity index is 593. The molecule has 112 valence electrons. The number of halogens is 1. The molecule has 0 aromatic heterocycles. The number of nitrogens with two attached hydrogens (primary N) is 2. The van der Waals surface area contributed by atoms with Crippen molar-refractivity contribution in [3.05, 3.63) is 24.0 Å². The van der Waals surface area contributed by atoms with Crippen LogP contribution in [0.2, 0.25) is 0 Å². The number of benzene rings is 1. The van der Waals surface area contributed by atoms with Crippen molar-refractivity contribution in [2.24, 2.45) is 10.9 Å². The molecule has 0 amide bonds. The van der Waals surface area contributed by atoms with E-state index in [2.05, 4.69) is 4.90 Å². The summed E-state index contributed by atoms with van der Waals surface area (Å²) in [4.78, 5) is 3.78. The van der Waals surface area contributed by atoms with Gasteiger partial charge in [-0.2, -0.15) is 0 Å². The molecule has 1 atom stereocenters. The van der Waals surface area contributed by atoms with Gasteiger partial charge < -0.3 is 15.5 Å². The predicted octanol–water partition coefficient (Wildman–Crippen LogP) is -0.448. The van der Waals surface area contributed by atoms with Gasteiger partial charge in [-0.15, -0.1) is 0 Å². The van der Waals surface area contributed by atoms with E-state index in [1.54, 1.807) is 0 Å². The fraction of sp³-hybridized carbons (Fsp3) is 0.500. The third-order valence-electron chi connectivity index (χ3n) is 3.52. The van der Waals surface area contributed by atoms with Gasteiger partial charge in [-0.25, -0.2) is 17.9 Å². The van der Waals surface area contributed by atoms with Gasteiger partial charge in [0, 0.05) is 26.2 Å². The van der Waals surface area contributed by atoms with Gasteiger partial charge in [0.25, 0.3) is 0 Å². The number of anilines is 1. The first-order chi connectivity index (χ1) is 9.32. The number of hydrogen-bond acceptors (Lipinski definition) is 5. The van der Waals surface area contributed by atoms with Crippen LogP contribution in [-0.2, 0) is 10.0 Å². The molecule has 0 spiro atoms. The van der Waals surface area contributed by atoms with Crippen molar-refractivity contribution in [3.63, 3.8) is 0 Å². The minimum atomic E-state index is -3.89. The van der Waals surface area contributed by atoms with Crippen molar-refractivity contribution < 1.29 is 12.8 Å². The summed E-state index contributed by atoms with van der Waals surface area (Å²) in [6.07, 6.45) is 0. The van der Waals surface area contributed by atoms with Gasteiger partial charge in [-0.3, -0.25) is 0 Å². The molecule has 0 saturated carbocycles. The first-order valence-corrected chi connectivity index (χ1v) is 7.85. The van der Waals surface area contributed by atoms with Crippen LogP contribution in [0.1, 0.15) is 0 Å². The van der Waals surface area contributed by atoms with Crippen molar-refractivity contribution in [1.29, 1.82) is 0 Å². The van der Waals surface area contributed by atoms with Crippen LogP contribution in [0.15, 0.2) is 23.1 Å². The largest absolute Gasteiger partial charge is 0.362 e. The molecule has 1 aromatic rings. The number of likely N-dealkylation sites (N-methyl/N-ethyl adjacent to an activating group) is 1. The molecule has 4 N–H and O–H groups in total. The first-order valence-electron chi connectivity index (χ1n) is 6.30. The normalized spacial score (nSPS) is 21.2. The van der Waals surface area contributed by atoms with E-state index >= 15 is 0 Å². The topological polar surface area (TPSA) is 92.7 Å². The number of primary sulfonamides is 1. The predicted molar refractivity (Wildman–Crippen MR) is 75.5 cm³/mol. The molecule has 1 aromatic carbocycles. The zero-order valence-corrected chi connectivity index (χ0v) is 12.1. The van der Waals surface area contributed by atoms with E-state index in [1.807, 2.05) is 11.9 Å². The molecular formula is C12H19FN4O2S. The lowest BCUT2D eigenvalue weighted by atomic mass is 10.1. The number of piperazine rings is 1. The summed E-state index contributed by atoms with van der Waals surface area (Å²) >= 11 is 0. The van der Waals surface area contributed by atoms with E-state index in [0.29, 0.717) is 18.8 Å². The smallest absolute Gasteiger partial charge is 0.238 e. The maximum atomic E-state index is 14.2. The summed E-state index contributed by atoms with van der Waals surface area (Å²) in [6.45, 7) is 2.59. The molecule has 1 fully saturated rings. The van der Waals surface area contributed by atoms with Crippen molar-refractivity contribution in [1.82, 2.24) is 4.90 Å². The summed E-state index contributed by atoms with van der Waals surface area (Å²) in [6, 6.07) is 3.72. The fourth-order valence-corrected chi connectivity index (χ4v) is 2.95.